The highest BCUT2D eigenvalue weighted by molar-refractivity contribution is 5.75. The summed E-state index contributed by atoms with van der Waals surface area (Å²) >= 11 is 0. The summed E-state index contributed by atoms with van der Waals surface area (Å²) in [5.41, 5.74) is 0. The Morgan fingerprint density at radius 3 is 2.61 bits per heavy atom. The second-order valence-electron chi connectivity index (χ2n) is 5.59. The van der Waals surface area contributed by atoms with Crippen LogP contribution >= 0.6 is 0 Å². The van der Waals surface area contributed by atoms with Crippen LogP contribution in [0.2, 0.25) is 0 Å². The summed E-state index contributed by atoms with van der Waals surface area (Å²) in [6, 6.07) is -0.148. The van der Waals surface area contributed by atoms with Crippen LogP contribution in [-0.4, -0.2) is 50.2 Å². The van der Waals surface area contributed by atoms with E-state index in [0.29, 0.717) is 6.61 Å². The molecule has 0 aromatic heterocycles. The molecule has 1 aliphatic heterocycles. The SMILES string of the molecule is CCOC(=O)C(CCN1CC2CCCC2C1)NC. The number of likely N-dealkylation sites (N-methyl/N-ethyl adjacent to an activating group) is 1. The molecule has 1 saturated carbocycles. The molecule has 104 valence electrons. The maximum atomic E-state index is 11.7. The van der Waals surface area contributed by atoms with Crippen LogP contribution in [-0.2, 0) is 9.53 Å². The number of fused-ring (bicyclic) bond motifs is 1. The van der Waals surface area contributed by atoms with E-state index in [0.717, 1.165) is 24.8 Å². The Kier molecular flexibility index (Phi) is 5.01. The molecule has 1 N–H and O–H groups in total. The van der Waals surface area contributed by atoms with Crippen LogP contribution in [0.3, 0.4) is 0 Å². The van der Waals surface area contributed by atoms with Gasteiger partial charge in [-0.15, -0.1) is 0 Å². The average Bonchev–Trinajstić information content (AvgIpc) is 2.90. The lowest BCUT2D eigenvalue weighted by atomic mass is 10.0. The molecule has 3 atom stereocenters. The number of carbonyl (C=O) groups is 1. The van der Waals surface area contributed by atoms with Gasteiger partial charge in [-0.25, -0.2) is 0 Å². The minimum atomic E-state index is -0.148. The van der Waals surface area contributed by atoms with Gasteiger partial charge in [-0.3, -0.25) is 4.79 Å². The first-order valence-corrected chi connectivity index (χ1v) is 7.30. The minimum absolute atomic E-state index is 0.112. The molecule has 0 aromatic rings. The van der Waals surface area contributed by atoms with E-state index < -0.39 is 0 Å². The lowest BCUT2D eigenvalue weighted by Gasteiger charge is -2.20. The van der Waals surface area contributed by atoms with Crippen molar-refractivity contribution >= 4 is 5.97 Å². The van der Waals surface area contributed by atoms with Crippen molar-refractivity contribution in [3.05, 3.63) is 0 Å². The molecule has 3 unspecified atom stereocenters. The van der Waals surface area contributed by atoms with Gasteiger partial charge in [-0.05, 0) is 45.1 Å². The van der Waals surface area contributed by atoms with Gasteiger partial charge in [-0.1, -0.05) is 6.42 Å². The van der Waals surface area contributed by atoms with Crippen molar-refractivity contribution in [1.82, 2.24) is 10.2 Å². The molecule has 1 aliphatic carbocycles. The summed E-state index contributed by atoms with van der Waals surface area (Å²) in [6.07, 6.45) is 5.10. The molecular formula is C14H26N2O2. The summed E-state index contributed by atoms with van der Waals surface area (Å²) in [4.78, 5) is 14.2. The number of ether oxygens (including phenoxy) is 1. The lowest BCUT2D eigenvalue weighted by molar-refractivity contribution is -0.145. The van der Waals surface area contributed by atoms with Crippen molar-refractivity contribution in [2.45, 2.75) is 38.6 Å². The number of carbonyl (C=O) groups excluding carboxylic acids is 1. The standard InChI is InChI=1S/C14H26N2O2/c1-3-18-14(17)13(15-2)7-8-16-9-11-5-4-6-12(11)10-16/h11-13,15H,3-10H2,1-2H3. The lowest BCUT2D eigenvalue weighted by Crippen LogP contribution is -2.39. The first kappa shape index (κ1) is 13.8. The minimum Gasteiger partial charge on any atom is -0.465 e. The predicted octanol–water partition coefficient (Wildman–Crippen LogP) is 1.26. The van der Waals surface area contributed by atoms with E-state index in [-0.39, 0.29) is 12.0 Å². The molecule has 1 heterocycles. The maximum absolute atomic E-state index is 11.7. The topological polar surface area (TPSA) is 41.6 Å². The molecule has 0 aromatic carbocycles. The second kappa shape index (κ2) is 6.53. The van der Waals surface area contributed by atoms with E-state index in [1.165, 1.54) is 32.4 Å². The Morgan fingerprint density at radius 1 is 1.39 bits per heavy atom. The Balaban J connectivity index is 1.72. The van der Waals surface area contributed by atoms with Crippen molar-refractivity contribution in [2.24, 2.45) is 11.8 Å². The molecule has 4 nitrogen and oxygen atoms in total. The normalized spacial score (nSPS) is 29.2. The number of likely N-dealkylation sites (tertiary alicyclic amines) is 1. The summed E-state index contributed by atoms with van der Waals surface area (Å²) in [5, 5.41) is 3.06. The summed E-state index contributed by atoms with van der Waals surface area (Å²) in [7, 11) is 1.83. The largest absolute Gasteiger partial charge is 0.465 e. The molecule has 2 fully saturated rings. The summed E-state index contributed by atoms with van der Waals surface area (Å²) < 4.78 is 5.06. The third kappa shape index (κ3) is 3.23. The van der Waals surface area contributed by atoms with Gasteiger partial charge in [0.15, 0.2) is 0 Å². The third-order valence-corrected chi connectivity index (χ3v) is 4.46. The van der Waals surface area contributed by atoms with Gasteiger partial charge >= 0.3 is 5.97 Å². The molecule has 0 bridgehead atoms. The van der Waals surface area contributed by atoms with Crippen LogP contribution in [0.15, 0.2) is 0 Å². The molecule has 0 spiro atoms. The Morgan fingerprint density at radius 2 is 2.06 bits per heavy atom. The molecular weight excluding hydrogens is 228 g/mol. The Labute approximate surface area is 110 Å². The number of nitrogens with one attached hydrogen (secondary N) is 1. The first-order chi connectivity index (χ1) is 8.74. The highest BCUT2D eigenvalue weighted by Gasteiger charge is 2.36. The van der Waals surface area contributed by atoms with E-state index in [4.69, 9.17) is 4.74 Å². The molecule has 1 saturated heterocycles. The number of hydrogen-bond acceptors (Lipinski definition) is 4. The van der Waals surface area contributed by atoms with E-state index >= 15 is 0 Å². The van der Waals surface area contributed by atoms with Gasteiger partial charge in [0.1, 0.15) is 6.04 Å². The van der Waals surface area contributed by atoms with Gasteiger partial charge in [0.25, 0.3) is 0 Å². The fraction of sp³-hybridized carbons (Fsp3) is 0.929. The zero-order valence-corrected chi connectivity index (χ0v) is 11.7. The number of esters is 1. The summed E-state index contributed by atoms with van der Waals surface area (Å²) in [5.74, 6) is 1.75. The van der Waals surface area contributed by atoms with Gasteiger partial charge < -0.3 is 15.0 Å². The van der Waals surface area contributed by atoms with Crippen molar-refractivity contribution in [2.75, 3.05) is 33.3 Å². The van der Waals surface area contributed by atoms with Crippen LogP contribution in [0, 0.1) is 11.8 Å². The quantitative estimate of drug-likeness (QED) is 0.725. The van der Waals surface area contributed by atoms with Gasteiger partial charge in [0.2, 0.25) is 0 Å². The van der Waals surface area contributed by atoms with Crippen LogP contribution in [0.4, 0.5) is 0 Å². The fourth-order valence-corrected chi connectivity index (χ4v) is 3.45. The Hall–Kier alpha value is -0.610. The van der Waals surface area contributed by atoms with Gasteiger partial charge in [-0.2, -0.15) is 0 Å². The number of nitrogens with zero attached hydrogens (tertiary/aromatic N) is 1. The average molecular weight is 254 g/mol. The molecule has 2 rings (SSSR count). The highest BCUT2D eigenvalue weighted by atomic mass is 16.5. The zero-order chi connectivity index (χ0) is 13.0. The van der Waals surface area contributed by atoms with Crippen molar-refractivity contribution < 1.29 is 9.53 Å². The summed E-state index contributed by atoms with van der Waals surface area (Å²) in [6.45, 7) is 5.81. The van der Waals surface area contributed by atoms with E-state index in [2.05, 4.69) is 10.2 Å². The predicted molar refractivity (Wildman–Crippen MR) is 71.4 cm³/mol. The number of hydrogen-bond donors (Lipinski definition) is 1. The monoisotopic (exact) mass is 254 g/mol. The van der Waals surface area contributed by atoms with Crippen LogP contribution < -0.4 is 5.32 Å². The van der Waals surface area contributed by atoms with E-state index in [9.17, 15) is 4.79 Å². The molecule has 4 heteroatoms. The smallest absolute Gasteiger partial charge is 0.323 e. The van der Waals surface area contributed by atoms with Crippen molar-refractivity contribution in [1.29, 1.82) is 0 Å². The van der Waals surface area contributed by atoms with Gasteiger partial charge in [0.05, 0.1) is 6.61 Å². The highest BCUT2D eigenvalue weighted by Crippen LogP contribution is 2.37. The van der Waals surface area contributed by atoms with E-state index in [1.807, 2.05) is 14.0 Å². The molecule has 0 amide bonds. The second-order valence-corrected chi connectivity index (χ2v) is 5.59. The maximum Gasteiger partial charge on any atom is 0.323 e. The van der Waals surface area contributed by atoms with Gasteiger partial charge in [0, 0.05) is 19.6 Å². The van der Waals surface area contributed by atoms with E-state index in [1.54, 1.807) is 0 Å². The van der Waals surface area contributed by atoms with Crippen LogP contribution in [0.25, 0.3) is 0 Å². The molecule has 2 aliphatic rings. The molecule has 18 heavy (non-hydrogen) atoms. The van der Waals surface area contributed by atoms with Crippen molar-refractivity contribution in [3.63, 3.8) is 0 Å². The Bertz CT molecular complexity index is 271. The van der Waals surface area contributed by atoms with Crippen molar-refractivity contribution in [3.8, 4) is 0 Å². The number of rotatable bonds is 6. The van der Waals surface area contributed by atoms with Crippen LogP contribution in [0.5, 0.6) is 0 Å². The third-order valence-electron chi connectivity index (χ3n) is 4.46. The van der Waals surface area contributed by atoms with Crippen LogP contribution in [0.1, 0.15) is 32.6 Å². The first-order valence-electron chi connectivity index (χ1n) is 7.30. The fourth-order valence-electron chi connectivity index (χ4n) is 3.45. The molecule has 0 radical (unpaired) electrons. The zero-order valence-electron chi connectivity index (χ0n) is 11.7.